The zero-order valence-corrected chi connectivity index (χ0v) is 9.91. The van der Waals surface area contributed by atoms with E-state index in [1.807, 2.05) is 31.2 Å². The highest BCUT2D eigenvalue weighted by molar-refractivity contribution is 6.20. The number of rotatable bonds is 6. The Morgan fingerprint density at radius 3 is 2.94 bits per heavy atom. The number of carboxylic acid groups (broad SMARTS) is 1. The molecule has 0 spiro atoms. The average Bonchev–Trinajstić information content (AvgIpc) is 2.26. The second-order valence-electron chi connectivity index (χ2n) is 3.41. The van der Waals surface area contributed by atoms with Gasteiger partial charge in [0.25, 0.3) is 0 Å². The smallest absolute Gasteiger partial charge is 0.303 e. The third-order valence-corrected chi connectivity index (χ3v) is 2.61. The molecule has 0 saturated heterocycles. The van der Waals surface area contributed by atoms with Crippen LogP contribution in [0.1, 0.15) is 30.7 Å². The van der Waals surface area contributed by atoms with Crippen molar-refractivity contribution in [2.24, 2.45) is 0 Å². The summed E-state index contributed by atoms with van der Waals surface area (Å²) in [7, 11) is 0. The van der Waals surface area contributed by atoms with Crippen molar-refractivity contribution in [3.05, 3.63) is 29.8 Å². The first-order valence-corrected chi connectivity index (χ1v) is 5.65. The maximum absolute atomic E-state index is 10.4. The van der Waals surface area contributed by atoms with Gasteiger partial charge in [0.1, 0.15) is 5.75 Å². The highest BCUT2D eigenvalue weighted by Crippen LogP contribution is 2.28. The van der Waals surface area contributed by atoms with Crippen LogP contribution in [0, 0.1) is 0 Å². The summed E-state index contributed by atoms with van der Waals surface area (Å²) in [5, 5.41) is 8.28. The number of carbonyl (C=O) groups is 1. The largest absolute Gasteiger partial charge is 0.494 e. The standard InChI is InChI=1S/C12H15ClO3/c1-2-16-10-5-3-4-9(8-10)11(13)6-7-12(14)15/h3-5,8,11H,2,6-7H2,1H3,(H,14,15). The molecule has 0 aliphatic carbocycles. The third-order valence-electron chi connectivity index (χ3n) is 2.14. The molecule has 4 heteroatoms. The van der Waals surface area contributed by atoms with Gasteiger partial charge in [0, 0.05) is 6.42 Å². The van der Waals surface area contributed by atoms with Gasteiger partial charge in [-0.3, -0.25) is 4.79 Å². The van der Waals surface area contributed by atoms with Crippen LogP contribution in [0.4, 0.5) is 0 Å². The molecule has 0 aliphatic heterocycles. The molecule has 16 heavy (non-hydrogen) atoms. The lowest BCUT2D eigenvalue weighted by Crippen LogP contribution is -1.99. The predicted octanol–water partition coefficient (Wildman–Crippen LogP) is 3.23. The number of aliphatic carboxylic acids is 1. The summed E-state index contributed by atoms with van der Waals surface area (Å²) in [6.45, 7) is 2.51. The van der Waals surface area contributed by atoms with E-state index in [-0.39, 0.29) is 11.8 Å². The molecule has 0 fully saturated rings. The summed E-state index contributed by atoms with van der Waals surface area (Å²) in [4.78, 5) is 10.4. The van der Waals surface area contributed by atoms with Crippen molar-refractivity contribution < 1.29 is 14.6 Å². The molecule has 1 unspecified atom stereocenters. The van der Waals surface area contributed by atoms with E-state index in [1.165, 1.54) is 0 Å². The Balaban J connectivity index is 2.63. The Morgan fingerprint density at radius 1 is 1.56 bits per heavy atom. The van der Waals surface area contributed by atoms with Crippen molar-refractivity contribution in [1.29, 1.82) is 0 Å². The molecule has 0 heterocycles. The first kappa shape index (κ1) is 12.8. The first-order valence-electron chi connectivity index (χ1n) is 5.22. The Labute approximate surface area is 100.0 Å². The van der Waals surface area contributed by atoms with E-state index in [2.05, 4.69) is 0 Å². The van der Waals surface area contributed by atoms with E-state index in [9.17, 15) is 4.79 Å². The molecule has 88 valence electrons. The molecule has 3 nitrogen and oxygen atoms in total. The Morgan fingerprint density at radius 2 is 2.31 bits per heavy atom. The van der Waals surface area contributed by atoms with Gasteiger partial charge in [0.2, 0.25) is 0 Å². The van der Waals surface area contributed by atoms with Gasteiger partial charge >= 0.3 is 5.97 Å². The van der Waals surface area contributed by atoms with Gasteiger partial charge in [-0.2, -0.15) is 0 Å². The quantitative estimate of drug-likeness (QED) is 0.779. The van der Waals surface area contributed by atoms with Crippen LogP contribution in [0.15, 0.2) is 24.3 Å². The van der Waals surface area contributed by atoms with E-state index in [1.54, 1.807) is 0 Å². The molecule has 1 aromatic carbocycles. The second-order valence-corrected chi connectivity index (χ2v) is 3.93. The van der Waals surface area contributed by atoms with Crippen molar-refractivity contribution in [3.63, 3.8) is 0 Å². The minimum Gasteiger partial charge on any atom is -0.494 e. The average molecular weight is 243 g/mol. The summed E-state index contributed by atoms with van der Waals surface area (Å²) in [5.74, 6) is -0.0624. The van der Waals surface area contributed by atoms with Gasteiger partial charge in [-0.15, -0.1) is 11.6 Å². The topological polar surface area (TPSA) is 46.5 Å². The molecule has 0 aliphatic rings. The minimum absolute atomic E-state index is 0.0764. The number of halogens is 1. The maximum Gasteiger partial charge on any atom is 0.303 e. The summed E-state index contributed by atoms with van der Waals surface area (Å²) in [6.07, 6.45) is 0.500. The molecule has 0 saturated carbocycles. The van der Waals surface area contributed by atoms with Crippen LogP contribution in [0.2, 0.25) is 0 Å². The van der Waals surface area contributed by atoms with Crippen molar-refractivity contribution >= 4 is 17.6 Å². The van der Waals surface area contributed by atoms with Crippen LogP contribution in [-0.2, 0) is 4.79 Å². The number of hydrogen-bond donors (Lipinski definition) is 1. The molecular weight excluding hydrogens is 228 g/mol. The molecular formula is C12H15ClO3. The molecule has 0 radical (unpaired) electrons. The maximum atomic E-state index is 10.4. The fraction of sp³-hybridized carbons (Fsp3) is 0.417. The van der Waals surface area contributed by atoms with Crippen molar-refractivity contribution in [2.45, 2.75) is 25.1 Å². The lowest BCUT2D eigenvalue weighted by atomic mass is 10.1. The van der Waals surface area contributed by atoms with Gasteiger partial charge in [0.05, 0.1) is 12.0 Å². The van der Waals surface area contributed by atoms with Gasteiger partial charge < -0.3 is 9.84 Å². The fourth-order valence-electron chi connectivity index (χ4n) is 1.38. The molecule has 1 aromatic rings. The van der Waals surface area contributed by atoms with Crippen molar-refractivity contribution in [1.82, 2.24) is 0 Å². The summed E-state index contributed by atoms with van der Waals surface area (Å²) < 4.78 is 5.35. The van der Waals surface area contributed by atoms with Gasteiger partial charge in [-0.1, -0.05) is 12.1 Å². The normalized spacial score (nSPS) is 12.1. The molecule has 0 bridgehead atoms. The lowest BCUT2D eigenvalue weighted by Gasteiger charge is -2.10. The Kier molecular flexibility index (Phi) is 5.12. The number of ether oxygens (including phenoxy) is 1. The summed E-state index contributed by atoms with van der Waals surface area (Å²) in [5.41, 5.74) is 0.897. The summed E-state index contributed by atoms with van der Waals surface area (Å²) in [6, 6.07) is 7.44. The molecule has 1 rings (SSSR count). The zero-order valence-electron chi connectivity index (χ0n) is 9.15. The van der Waals surface area contributed by atoms with Crippen molar-refractivity contribution in [2.75, 3.05) is 6.61 Å². The SMILES string of the molecule is CCOc1cccc(C(Cl)CCC(=O)O)c1. The number of alkyl halides is 1. The zero-order chi connectivity index (χ0) is 12.0. The van der Waals surface area contributed by atoms with Gasteiger partial charge in [-0.25, -0.2) is 0 Å². The van der Waals surface area contributed by atoms with E-state index < -0.39 is 5.97 Å². The van der Waals surface area contributed by atoms with Crippen LogP contribution in [0.5, 0.6) is 5.75 Å². The number of carboxylic acids is 1. The van der Waals surface area contributed by atoms with E-state index in [0.717, 1.165) is 11.3 Å². The highest BCUT2D eigenvalue weighted by Gasteiger charge is 2.10. The Bertz CT molecular complexity index is 352. The molecule has 1 N–H and O–H groups in total. The molecule has 1 atom stereocenters. The third kappa shape index (κ3) is 4.11. The van der Waals surface area contributed by atoms with Crippen molar-refractivity contribution in [3.8, 4) is 5.75 Å². The summed E-state index contributed by atoms with van der Waals surface area (Å²) >= 11 is 6.10. The molecule has 0 amide bonds. The van der Waals surface area contributed by atoms with E-state index in [0.29, 0.717) is 13.0 Å². The van der Waals surface area contributed by atoms with Gasteiger partial charge in [0.15, 0.2) is 0 Å². The van der Waals surface area contributed by atoms with Crippen LogP contribution >= 0.6 is 11.6 Å². The van der Waals surface area contributed by atoms with Crippen LogP contribution in [-0.4, -0.2) is 17.7 Å². The van der Waals surface area contributed by atoms with Crippen LogP contribution < -0.4 is 4.74 Å². The first-order chi connectivity index (χ1) is 7.63. The molecule has 0 aromatic heterocycles. The van der Waals surface area contributed by atoms with E-state index >= 15 is 0 Å². The monoisotopic (exact) mass is 242 g/mol. The lowest BCUT2D eigenvalue weighted by molar-refractivity contribution is -0.137. The number of hydrogen-bond acceptors (Lipinski definition) is 2. The number of benzene rings is 1. The van der Waals surface area contributed by atoms with E-state index in [4.69, 9.17) is 21.4 Å². The predicted molar refractivity (Wildman–Crippen MR) is 63.1 cm³/mol. The Hall–Kier alpha value is -1.22. The van der Waals surface area contributed by atoms with Crippen LogP contribution in [0.3, 0.4) is 0 Å². The van der Waals surface area contributed by atoms with Gasteiger partial charge in [-0.05, 0) is 31.0 Å². The minimum atomic E-state index is -0.827. The second kappa shape index (κ2) is 6.38. The fourth-order valence-corrected chi connectivity index (χ4v) is 1.63. The highest BCUT2D eigenvalue weighted by atomic mass is 35.5. The van der Waals surface area contributed by atoms with Crippen LogP contribution in [0.25, 0.3) is 0 Å².